The van der Waals surface area contributed by atoms with E-state index in [9.17, 15) is 18.0 Å². The molecular weight excluding hydrogens is 367 g/mol. The summed E-state index contributed by atoms with van der Waals surface area (Å²) in [6.07, 6.45) is 2.44. The first-order valence-electron chi connectivity index (χ1n) is 9.05. The van der Waals surface area contributed by atoms with Crippen molar-refractivity contribution < 1.29 is 13.2 Å². The Morgan fingerprint density at radius 1 is 1.08 bits per heavy atom. The van der Waals surface area contributed by atoms with Crippen LogP contribution in [0.25, 0.3) is 11.0 Å². The van der Waals surface area contributed by atoms with Crippen LogP contribution in [0.5, 0.6) is 0 Å². The fraction of sp³-hybridized carbons (Fsp3) is 0.611. The van der Waals surface area contributed by atoms with Gasteiger partial charge in [0, 0.05) is 44.1 Å². The van der Waals surface area contributed by atoms with Crippen LogP contribution in [0.1, 0.15) is 44.6 Å². The fourth-order valence-corrected chi connectivity index (χ4v) is 4.55. The van der Waals surface area contributed by atoms with Crippen molar-refractivity contribution in [2.45, 2.75) is 56.5 Å². The van der Waals surface area contributed by atoms with E-state index in [-0.39, 0.29) is 35.6 Å². The molecule has 0 bridgehead atoms. The maximum absolute atomic E-state index is 13.8. The fourth-order valence-electron chi connectivity index (χ4n) is 4.38. The summed E-state index contributed by atoms with van der Waals surface area (Å²) < 4.78 is 42.1. The molecule has 2 aliphatic rings. The topological polar surface area (TPSA) is 41.0 Å². The van der Waals surface area contributed by atoms with Crippen molar-refractivity contribution in [2.75, 3.05) is 13.1 Å². The molecule has 1 saturated carbocycles. The highest BCUT2D eigenvalue weighted by molar-refractivity contribution is 6.31. The molecule has 2 fully saturated rings. The number of halogens is 4. The second kappa shape index (κ2) is 6.60. The average Bonchev–Trinajstić information content (AvgIpc) is 2.90. The normalized spacial score (nSPS) is 22.9. The Bertz CT molecular complexity index is 860. The number of piperidine rings is 1. The first-order chi connectivity index (χ1) is 12.3. The lowest BCUT2D eigenvalue weighted by atomic mass is 9.89. The monoisotopic (exact) mass is 387 g/mol. The molecule has 1 aromatic carbocycles. The number of hydrogen-bond donors (Lipinski definition) is 1. The molecule has 4 rings (SSSR count). The Morgan fingerprint density at radius 3 is 2.38 bits per heavy atom. The van der Waals surface area contributed by atoms with Gasteiger partial charge in [0.05, 0.1) is 16.1 Å². The van der Waals surface area contributed by atoms with Gasteiger partial charge in [0.1, 0.15) is 5.82 Å². The molecule has 1 aliphatic heterocycles. The van der Waals surface area contributed by atoms with E-state index in [0.29, 0.717) is 23.9 Å². The first-order valence-corrected chi connectivity index (χ1v) is 9.43. The molecule has 0 unspecified atom stereocenters. The molecule has 0 spiro atoms. The SMILES string of the molecule is O=c1[nH]c2cc(Cl)c(F)cc2n1C1CCN(C2CCC(F)(F)CC2)CC1. The van der Waals surface area contributed by atoms with Crippen molar-refractivity contribution >= 4 is 22.6 Å². The number of H-pyrrole nitrogens is 1. The van der Waals surface area contributed by atoms with Gasteiger partial charge in [-0.2, -0.15) is 0 Å². The summed E-state index contributed by atoms with van der Waals surface area (Å²) in [6.45, 7) is 1.52. The molecule has 1 saturated heterocycles. The second-order valence-electron chi connectivity index (χ2n) is 7.44. The molecule has 4 nitrogen and oxygen atoms in total. The second-order valence-corrected chi connectivity index (χ2v) is 7.85. The highest BCUT2D eigenvalue weighted by atomic mass is 35.5. The zero-order chi connectivity index (χ0) is 18.5. The van der Waals surface area contributed by atoms with E-state index < -0.39 is 11.7 Å². The summed E-state index contributed by atoms with van der Waals surface area (Å²) in [7, 11) is 0. The lowest BCUT2D eigenvalue weighted by Crippen LogP contribution is -2.45. The van der Waals surface area contributed by atoms with Crippen LogP contribution < -0.4 is 5.69 Å². The van der Waals surface area contributed by atoms with Gasteiger partial charge in [-0.25, -0.2) is 18.0 Å². The van der Waals surface area contributed by atoms with Crippen LogP contribution in [0.2, 0.25) is 5.02 Å². The van der Waals surface area contributed by atoms with Gasteiger partial charge in [0.2, 0.25) is 5.92 Å². The van der Waals surface area contributed by atoms with E-state index in [1.54, 1.807) is 4.57 Å². The standard InChI is InChI=1S/C18H21ClF3N3O/c19-13-9-15-16(10-14(13)20)25(17(26)23-15)12-3-7-24(8-4-12)11-1-5-18(21,22)6-2-11/h9-12H,1-8H2,(H,23,26). The quantitative estimate of drug-likeness (QED) is 0.833. The van der Waals surface area contributed by atoms with Crippen LogP contribution in [0.15, 0.2) is 16.9 Å². The number of benzene rings is 1. The Balaban J connectivity index is 1.49. The summed E-state index contributed by atoms with van der Waals surface area (Å²) in [6, 6.07) is 2.90. The van der Waals surface area contributed by atoms with Gasteiger partial charge in [0.25, 0.3) is 0 Å². The third-order valence-corrected chi connectivity index (χ3v) is 6.12. The molecule has 0 atom stereocenters. The summed E-state index contributed by atoms with van der Waals surface area (Å²) in [4.78, 5) is 17.4. The molecule has 0 radical (unpaired) electrons. The van der Waals surface area contributed by atoms with Crippen LogP contribution in [0.3, 0.4) is 0 Å². The van der Waals surface area contributed by atoms with Gasteiger partial charge < -0.3 is 9.88 Å². The van der Waals surface area contributed by atoms with E-state index in [0.717, 1.165) is 25.9 Å². The van der Waals surface area contributed by atoms with E-state index >= 15 is 0 Å². The van der Waals surface area contributed by atoms with Gasteiger partial charge >= 0.3 is 5.69 Å². The minimum atomic E-state index is -2.52. The van der Waals surface area contributed by atoms with Crippen molar-refractivity contribution in [1.82, 2.24) is 14.5 Å². The van der Waals surface area contributed by atoms with E-state index in [2.05, 4.69) is 9.88 Å². The molecule has 1 aromatic heterocycles. The van der Waals surface area contributed by atoms with Crippen LogP contribution in [-0.2, 0) is 0 Å². The molecule has 142 valence electrons. The highest BCUT2D eigenvalue weighted by Crippen LogP contribution is 2.37. The van der Waals surface area contributed by atoms with Gasteiger partial charge in [-0.05, 0) is 31.7 Å². The Morgan fingerprint density at radius 2 is 1.73 bits per heavy atom. The third-order valence-electron chi connectivity index (χ3n) is 5.83. The summed E-state index contributed by atoms with van der Waals surface area (Å²) in [5.41, 5.74) is 0.781. The van der Waals surface area contributed by atoms with Crippen molar-refractivity contribution in [1.29, 1.82) is 0 Å². The van der Waals surface area contributed by atoms with Gasteiger partial charge in [0.15, 0.2) is 0 Å². The van der Waals surface area contributed by atoms with Gasteiger partial charge in [-0.1, -0.05) is 11.6 Å². The van der Waals surface area contributed by atoms with Crippen molar-refractivity contribution in [2.24, 2.45) is 0 Å². The number of imidazole rings is 1. The Labute approximate surface area is 153 Å². The zero-order valence-corrected chi connectivity index (χ0v) is 15.0. The smallest absolute Gasteiger partial charge is 0.305 e. The summed E-state index contributed by atoms with van der Waals surface area (Å²) in [5.74, 6) is -3.06. The van der Waals surface area contributed by atoms with E-state index in [1.165, 1.54) is 12.1 Å². The summed E-state index contributed by atoms with van der Waals surface area (Å²) in [5, 5.41) is -0.0187. The van der Waals surface area contributed by atoms with E-state index in [1.807, 2.05) is 0 Å². The Hall–Kier alpha value is -1.47. The average molecular weight is 388 g/mol. The van der Waals surface area contributed by atoms with Crippen LogP contribution in [0.4, 0.5) is 13.2 Å². The molecule has 8 heteroatoms. The van der Waals surface area contributed by atoms with E-state index in [4.69, 9.17) is 11.6 Å². The highest BCUT2D eigenvalue weighted by Gasteiger charge is 2.38. The number of fused-ring (bicyclic) bond motifs is 1. The molecule has 1 N–H and O–H groups in total. The molecule has 0 amide bonds. The predicted molar refractivity (Wildman–Crippen MR) is 94.6 cm³/mol. The Kier molecular flexibility index (Phi) is 4.55. The molecular formula is C18H21ClF3N3O. The minimum absolute atomic E-state index is 0.0187. The summed E-state index contributed by atoms with van der Waals surface area (Å²) >= 11 is 5.79. The van der Waals surface area contributed by atoms with Gasteiger partial charge in [-0.15, -0.1) is 0 Å². The number of alkyl halides is 2. The number of aromatic nitrogens is 2. The van der Waals surface area contributed by atoms with Crippen LogP contribution in [0, 0.1) is 5.82 Å². The zero-order valence-electron chi connectivity index (χ0n) is 14.3. The number of nitrogens with one attached hydrogen (secondary N) is 1. The third kappa shape index (κ3) is 3.27. The number of rotatable bonds is 2. The van der Waals surface area contributed by atoms with Gasteiger partial charge in [-0.3, -0.25) is 4.57 Å². The largest absolute Gasteiger partial charge is 0.326 e. The molecule has 2 heterocycles. The lowest BCUT2D eigenvalue weighted by molar-refractivity contribution is -0.0565. The maximum Gasteiger partial charge on any atom is 0.326 e. The van der Waals surface area contributed by atoms with Crippen LogP contribution in [-0.4, -0.2) is 39.5 Å². The van der Waals surface area contributed by atoms with Crippen molar-refractivity contribution in [3.63, 3.8) is 0 Å². The molecule has 1 aliphatic carbocycles. The molecule has 2 aromatic rings. The molecule has 26 heavy (non-hydrogen) atoms. The maximum atomic E-state index is 13.8. The van der Waals surface area contributed by atoms with Crippen LogP contribution >= 0.6 is 11.6 Å². The number of aromatic amines is 1. The lowest BCUT2D eigenvalue weighted by Gasteiger charge is -2.40. The number of likely N-dealkylation sites (tertiary alicyclic amines) is 1. The van der Waals surface area contributed by atoms with Crippen molar-refractivity contribution in [3.05, 3.63) is 33.5 Å². The number of hydrogen-bond acceptors (Lipinski definition) is 2. The predicted octanol–water partition coefficient (Wildman–Crippen LogP) is 4.34. The number of nitrogens with zero attached hydrogens (tertiary/aromatic N) is 2. The minimum Gasteiger partial charge on any atom is -0.305 e. The van der Waals surface area contributed by atoms with Crippen molar-refractivity contribution in [3.8, 4) is 0 Å². The first kappa shape index (κ1) is 17.9.